The zero-order valence-corrected chi connectivity index (χ0v) is 26.5. The number of benzene rings is 3. The van der Waals surface area contributed by atoms with Crippen molar-refractivity contribution in [2.24, 2.45) is 0 Å². The molecule has 3 aromatic carbocycles. The number of fused-ring (bicyclic) bond motifs is 1. The van der Waals surface area contributed by atoms with Crippen molar-refractivity contribution in [2.45, 2.75) is 64.5 Å². The molecule has 2 aliphatic rings. The third-order valence-corrected chi connectivity index (χ3v) is 8.47. The highest BCUT2D eigenvalue weighted by Crippen LogP contribution is 2.29. The summed E-state index contributed by atoms with van der Waals surface area (Å²) < 4.78 is 60.3. The number of nitrogens with zero attached hydrogens (tertiary/aromatic N) is 5. The van der Waals surface area contributed by atoms with E-state index in [1.807, 2.05) is 36.4 Å². The lowest BCUT2D eigenvalue weighted by atomic mass is 10.0. The maximum absolute atomic E-state index is 12.4. The number of hydrogen-bond acceptors (Lipinski definition) is 9. The largest absolute Gasteiger partial charge is 0.573 e. The normalized spacial score (nSPS) is 19.7. The Morgan fingerprint density at radius 3 is 2.15 bits per heavy atom. The van der Waals surface area contributed by atoms with Gasteiger partial charge in [0, 0.05) is 55.4 Å². The van der Waals surface area contributed by atoms with Gasteiger partial charge in [0.1, 0.15) is 42.8 Å². The average molecular weight is 668 g/mol. The zero-order chi connectivity index (χ0) is 33.8. The van der Waals surface area contributed by atoms with Crippen LogP contribution in [0.4, 0.5) is 24.7 Å². The molecule has 14 heteroatoms. The molecule has 1 unspecified atom stereocenters. The first-order chi connectivity index (χ1) is 23.0. The molecule has 3 heterocycles. The predicted octanol–water partition coefficient (Wildman–Crippen LogP) is 6.60. The molecule has 48 heavy (non-hydrogen) atoms. The van der Waals surface area contributed by atoms with Crippen LogP contribution in [0.3, 0.4) is 0 Å². The van der Waals surface area contributed by atoms with Gasteiger partial charge in [0.05, 0.1) is 0 Å². The van der Waals surface area contributed by atoms with Gasteiger partial charge >= 0.3 is 18.2 Å². The molecule has 254 valence electrons. The minimum Gasteiger partial charge on any atom is -0.490 e. The predicted molar refractivity (Wildman–Crippen MR) is 170 cm³/mol. The van der Waals surface area contributed by atoms with Crippen LogP contribution < -0.4 is 23.8 Å². The fourth-order valence-corrected chi connectivity index (χ4v) is 6.01. The molecule has 4 aromatic rings. The van der Waals surface area contributed by atoms with Crippen LogP contribution in [-0.4, -0.2) is 63.6 Å². The quantitative estimate of drug-likeness (QED) is 0.129. The molecule has 0 saturated carbocycles. The van der Waals surface area contributed by atoms with E-state index in [1.165, 1.54) is 18.3 Å². The molecule has 1 aromatic heterocycles. The second kappa shape index (κ2) is 14.0. The van der Waals surface area contributed by atoms with Crippen molar-refractivity contribution in [3.63, 3.8) is 0 Å². The lowest BCUT2D eigenvalue weighted by Crippen LogP contribution is -2.56. The van der Waals surface area contributed by atoms with Gasteiger partial charge in [0.25, 0.3) is 0 Å². The maximum atomic E-state index is 12.4. The van der Waals surface area contributed by atoms with E-state index >= 15 is 0 Å². The Labute approximate surface area is 275 Å². The topological polar surface area (TPSA) is 104 Å². The number of hydrogen-bond donors (Lipinski definition) is 0. The number of imidazole rings is 1. The molecule has 0 spiro atoms. The van der Waals surface area contributed by atoms with Crippen LogP contribution in [0.2, 0.25) is 0 Å². The molecule has 0 radical (unpaired) electrons. The van der Waals surface area contributed by atoms with Gasteiger partial charge in [-0.05, 0) is 78.4 Å². The minimum atomic E-state index is -4.72. The summed E-state index contributed by atoms with van der Waals surface area (Å²) >= 11 is 0. The van der Waals surface area contributed by atoms with Crippen LogP contribution in [0, 0.1) is 10.1 Å². The number of aryl methyl sites for hydroxylation is 1. The molecule has 6 rings (SSSR count). The summed E-state index contributed by atoms with van der Waals surface area (Å²) in [6.45, 7) is 8.11. The van der Waals surface area contributed by atoms with Gasteiger partial charge < -0.3 is 34.0 Å². The summed E-state index contributed by atoms with van der Waals surface area (Å²) in [5.41, 5.74) is 3.01. The highest BCUT2D eigenvalue weighted by atomic mass is 19.4. The van der Waals surface area contributed by atoms with E-state index in [0.29, 0.717) is 37.4 Å². The summed E-state index contributed by atoms with van der Waals surface area (Å²) in [4.78, 5) is 19.3. The summed E-state index contributed by atoms with van der Waals surface area (Å²) in [7, 11) is 0. The Kier molecular flexibility index (Phi) is 9.62. The van der Waals surface area contributed by atoms with Crippen LogP contribution >= 0.6 is 0 Å². The molecular weight excluding hydrogens is 631 g/mol. The van der Waals surface area contributed by atoms with Gasteiger partial charge in [0.15, 0.2) is 0 Å². The lowest BCUT2D eigenvalue weighted by molar-refractivity contribution is -0.389. The average Bonchev–Trinajstić information content (AvgIpc) is 3.49. The third-order valence-electron chi connectivity index (χ3n) is 8.47. The van der Waals surface area contributed by atoms with Crippen molar-refractivity contribution in [1.82, 2.24) is 14.5 Å². The second-order valence-electron chi connectivity index (χ2n) is 12.1. The molecule has 3 atom stereocenters. The van der Waals surface area contributed by atoms with Gasteiger partial charge in [0.2, 0.25) is 0 Å². The van der Waals surface area contributed by atoms with Crippen LogP contribution in [0.5, 0.6) is 23.3 Å². The van der Waals surface area contributed by atoms with Crippen LogP contribution in [-0.2, 0) is 19.7 Å². The molecule has 0 N–H and O–H groups in total. The third kappa shape index (κ3) is 8.29. The Bertz CT molecular complexity index is 1670. The summed E-state index contributed by atoms with van der Waals surface area (Å²) in [6, 6.07) is 22.4. The van der Waals surface area contributed by atoms with Crippen molar-refractivity contribution in [3.8, 4) is 23.3 Å². The fraction of sp³-hybridized carbons (Fsp3) is 0.382. The first-order valence-corrected chi connectivity index (χ1v) is 15.7. The number of ether oxygens (including phenoxy) is 4. The van der Waals surface area contributed by atoms with Gasteiger partial charge in [-0.15, -0.1) is 13.2 Å². The molecular formula is C34H36F3N5O6. The molecule has 1 saturated heterocycles. The molecule has 0 bridgehead atoms. The minimum absolute atomic E-state index is 0.223. The highest BCUT2D eigenvalue weighted by Gasteiger charge is 2.32. The fourth-order valence-electron chi connectivity index (χ4n) is 6.01. The summed E-state index contributed by atoms with van der Waals surface area (Å²) in [6.07, 6.45) is -2.90. The first-order valence-electron chi connectivity index (χ1n) is 15.7. The van der Waals surface area contributed by atoms with Crippen molar-refractivity contribution in [2.75, 3.05) is 24.6 Å². The molecule has 11 nitrogen and oxygen atoms in total. The van der Waals surface area contributed by atoms with E-state index in [2.05, 4.69) is 45.5 Å². The Hall–Kier alpha value is -4.98. The van der Waals surface area contributed by atoms with Gasteiger partial charge in [-0.25, -0.2) is 0 Å². The Morgan fingerprint density at radius 2 is 1.50 bits per heavy atom. The van der Waals surface area contributed by atoms with Crippen LogP contribution in [0.25, 0.3) is 0 Å². The lowest BCUT2D eigenvalue weighted by Gasteiger charge is -2.45. The number of alkyl halides is 3. The van der Waals surface area contributed by atoms with Crippen LogP contribution in [0.1, 0.15) is 31.4 Å². The zero-order valence-electron chi connectivity index (χ0n) is 26.5. The Morgan fingerprint density at radius 1 is 0.896 bits per heavy atom. The number of piperazine rings is 1. The second-order valence-corrected chi connectivity index (χ2v) is 12.1. The molecule has 1 fully saturated rings. The smallest absolute Gasteiger partial charge is 0.490 e. The van der Waals surface area contributed by atoms with Crippen molar-refractivity contribution in [3.05, 3.63) is 100 Å². The standard InChI is InChI=1S/C34H36F3N5O6/c1-23-17-40(27-7-13-29(14-8-27)46-22-31-15-16-39-20-32(42(43)44)38-33(39)47-31)18-24(2)41(23)19-25-3-9-28(10-4-25)45-21-26-5-11-30(12-6-26)48-34(35,36)37/h3-14,20,23-24,31H,15-19,21-22H2,1-2H3/t23-,24+,31?. The Balaban J connectivity index is 0.954. The number of halogens is 3. The SMILES string of the molecule is C[C@@H]1CN(c2ccc(OCC3CCn4cc([N+](=O)[O-])nc4O3)cc2)C[C@H](C)N1Cc1ccc(OCc2ccc(OC(F)(F)F)cc2)cc1. The highest BCUT2D eigenvalue weighted by molar-refractivity contribution is 5.50. The van der Waals surface area contributed by atoms with Crippen molar-refractivity contribution in [1.29, 1.82) is 0 Å². The van der Waals surface area contributed by atoms with E-state index in [-0.39, 0.29) is 30.3 Å². The van der Waals surface area contributed by atoms with Gasteiger partial charge in [-0.1, -0.05) is 24.3 Å². The maximum Gasteiger partial charge on any atom is 0.573 e. The van der Waals surface area contributed by atoms with Crippen LogP contribution in [0.15, 0.2) is 79.0 Å². The number of aromatic nitrogens is 2. The van der Waals surface area contributed by atoms with Gasteiger partial charge in [-0.2, -0.15) is 0 Å². The monoisotopic (exact) mass is 667 g/mol. The molecule has 0 amide bonds. The first kappa shape index (κ1) is 32.9. The van der Waals surface area contributed by atoms with Crippen molar-refractivity contribution >= 4 is 11.5 Å². The molecule has 2 aliphatic heterocycles. The van der Waals surface area contributed by atoms with E-state index in [4.69, 9.17) is 14.2 Å². The van der Waals surface area contributed by atoms with Crippen molar-refractivity contribution < 1.29 is 37.0 Å². The van der Waals surface area contributed by atoms with E-state index in [9.17, 15) is 23.3 Å². The van der Waals surface area contributed by atoms with Gasteiger partial charge in [-0.3, -0.25) is 9.47 Å². The summed E-state index contributed by atoms with van der Waals surface area (Å²) in [5, 5.41) is 11.0. The summed E-state index contributed by atoms with van der Waals surface area (Å²) in [5.74, 6) is 0.916. The number of nitro groups is 1. The number of rotatable bonds is 11. The number of anilines is 1. The van der Waals surface area contributed by atoms with E-state index < -0.39 is 11.3 Å². The molecule has 0 aliphatic carbocycles. The van der Waals surface area contributed by atoms with E-state index in [1.54, 1.807) is 16.7 Å². The van der Waals surface area contributed by atoms with E-state index in [0.717, 1.165) is 42.2 Å².